The summed E-state index contributed by atoms with van der Waals surface area (Å²) in [6.45, 7) is 0.668. The van der Waals surface area contributed by atoms with Gasteiger partial charge in [-0.1, -0.05) is 40.9 Å². The number of thiophene rings is 1. The standard InChI is InChI=1S/C26H23Cl3F3N5OS/c1-36-19-11-16(37-10-2-3-15(13-37)26(30,31)32)5-7-18(19)34-25(36)35-23-17(27)6-4-14(22(23)29)12-33-24(38)20-8-9-21(28)39-20/h4-9,11,15H,2-3,10,12-13H2,1H3,(H,33,38)(H,34,35). The number of amides is 1. The Morgan fingerprint density at radius 1 is 1.15 bits per heavy atom. The van der Waals surface area contributed by atoms with Crippen LogP contribution in [0, 0.1) is 5.92 Å². The van der Waals surface area contributed by atoms with Gasteiger partial charge in [0.05, 0.1) is 41.9 Å². The average molecular weight is 617 g/mol. The van der Waals surface area contributed by atoms with Gasteiger partial charge in [0.15, 0.2) is 0 Å². The number of rotatable bonds is 6. The Bertz CT molecular complexity index is 1540. The molecule has 6 nitrogen and oxygen atoms in total. The maximum absolute atomic E-state index is 13.3. The van der Waals surface area contributed by atoms with Gasteiger partial charge >= 0.3 is 6.18 Å². The van der Waals surface area contributed by atoms with E-state index in [1.165, 1.54) is 11.3 Å². The van der Waals surface area contributed by atoms with Crippen molar-refractivity contribution in [1.29, 1.82) is 0 Å². The molecule has 2 aromatic heterocycles. The second kappa shape index (κ2) is 11.1. The normalized spacial score (nSPS) is 16.1. The SMILES string of the molecule is Cn1c(Nc2c(Cl)ccc(CNC(=O)c3ccc(Cl)s3)c2Cl)nc2ccc(N3CCCC(C(F)(F)F)C3)cc21. The lowest BCUT2D eigenvalue weighted by Gasteiger charge is -2.35. The maximum Gasteiger partial charge on any atom is 0.393 e. The van der Waals surface area contributed by atoms with Crippen LogP contribution in [-0.2, 0) is 13.6 Å². The molecule has 1 unspecified atom stereocenters. The van der Waals surface area contributed by atoms with Crippen LogP contribution in [0.3, 0.4) is 0 Å². The van der Waals surface area contributed by atoms with Gasteiger partial charge in [0.1, 0.15) is 0 Å². The molecule has 1 fully saturated rings. The van der Waals surface area contributed by atoms with Gasteiger partial charge in [-0.2, -0.15) is 13.2 Å². The number of hydrogen-bond acceptors (Lipinski definition) is 5. The number of aryl methyl sites for hydroxylation is 1. The monoisotopic (exact) mass is 615 g/mol. The number of anilines is 3. The van der Waals surface area contributed by atoms with E-state index < -0.39 is 12.1 Å². The molecule has 3 heterocycles. The molecule has 1 amide bonds. The summed E-state index contributed by atoms with van der Waals surface area (Å²) in [6.07, 6.45) is -3.58. The number of hydrogen-bond donors (Lipinski definition) is 2. The number of imidazole rings is 1. The molecule has 206 valence electrons. The molecular formula is C26H23Cl3F3N5OS. The molecule has 1 atom stereocenters. The number of alkyl halides is 3. The van der Waals surface area contributed by atoms with E-state index in [-0.39, 0.29) is 25.4 Å². The van der Waals surface area contributed by atoms with Crippen LogP contribution in [0.15, 0.2) is 42.5 Å². The number of fused-ring (bicyclic) bond motifs is 1. The third kappa shape index (κ3) is 5.94. The second-order valence-corrected chi connectivity index (χ2v) is 11.8. The molecule has 0 aliphatic carbocycles. The number of carbonyl (C=O) groups excluding carboxylic acids is 1. The molecule has 5 rings (SSSR count). The zero-order valence-corrected chi connectivity index (χ0v) is 23.7. The van der Waals surface area contributed by atoms with Crippen molar-refractivity contribution in [3.05, 3.63) is 67.3 Å². The predicted molar refractivity (Wildman–Crippen MR) is 152 cm³/mol. The van der Waals surface area contributed by atoms with E-state index in [9.17, 15) is 18.0 Å². The molecule has 0 spiro atoms. The molecule has 1 aliphatic heterocycles. The van der Waals surface area contributed by atoms with Crippen molar-refractivity contribution in [2.45, 2.75) is 25.6 Å². The zero-order valence-electron chi connectivity index (χ0n) is 20.6. The molecule has 2 N–H and O–H groups in total. The summed E-state index contributed by atoms with van der Waals surface area (Å²) >= 11 is 20.2. The Balaban J connectivity index is 1.36. The van der Waals surface area contributed by atoms with Crippen LogP contribution in [-0.4, -0.2) is 34.7 Å². The van der Waals surface area contributed by atoms with Crippen molar-refractivity contribution in [3.8, 4) is 0 Å². The Morgan fingerprint density at radius 3 is 2.67 bits per heavy atom. The van der Waals surface area contributed by atoms with Gasteiger partial charge in [-0.3, -0.25) is 4.79 Å². The lowest BCUT2D eigenvalue weighted by molar-refractivity contribution is -0.175. The van der Waals surface area contributed by atoms with E-state index in [1.807, 2.05) is 6.07 Å². The molecule has 4 aromatic rings. The number of piperidine rings is 1. The van der Waals surface area contributed by atoms with Crippen molar-refractivity contribution < 1.29 is 18.0 Å². The summed E-state index contributed by atoms with van der Waals surface area (Å²) in [4.78, 5) is 19.3. The predicted octanol–water partition coefficient (Wildman–Crippen LogP) is 8.05. The zero-order chi connectivity index (χ0) is 27.9. The fourth-order valence-corrected chi connectivity index (χ4v) is 6.11. The summed E-state index contributed by atoms with van der Waals surface area (Å²) in [6, 6.07) is 12.1. The summed E-state index contributed by atoms with van der Waals surface area (Å²) in [5.74, 6) is -1.16. The van der Waals surface area contributed by atoms with Crippen LogP contribution in [0.2, 0.25) is 14.4 Å². The minimum Gasteiger partial charge on any atom is -0.371 e. The number of nitrogens with zero attached hydrogens (tertiary/aromatic N) is 3. The van der Waals surface area contributed by atoms with Gasteiger partial charge in [-0.15, -0.1) is 11.3 Å². The van der Waals surface area contributed by atoms with Gasteiger partial charge < -0.3 is 20.1 Å². The summed E-state index contributed by atoms with van der Waals surface area (Å²) in [5, 5.41) is 6.69. The smallest absolute Gasteiger partial charge is 0.371 e. The Hall–Kier alpha value is -2.66. The summed E-state index contributed by atoms with van der Waals surface area (Å²) < 4.78 is 42.3. The molecule has 39 heavy (non-hydrogen) atoms. The van der Waals surface area contributed by atoms with Crippen molar-refractivity contribution in [2.24, 2.45) is 13.0 Å². The minimum atomic E-state index is -4.21. The van der Waals surface area contributed by atoms with Crippen molar-refractivity contribution in [3.63, 3.8) is 0 Å². The van der Waals surface area contributed by atoms with Crippen molar-refractivity contribution >= 4 is 80.4 Å². The van der Waals surface area contributed by atoms with Gasteiger partial charge in [0, 0.05) is 32.4 Å². The Labute approximate surface area is 241 Å². The van der Waals surface area contributed by atoms with Crippen LogP contribution in [0.25, 0.3) is 11.0 Å². The minimum absolute atomic E-state index is 0.0635. The summed E-state index contributed by atoms with van der Waals surface area (Å²) in [7, 11) is 1.80. The first kappa shape index (κ1) is 27.9. The van der Waals surface area contributed by atoms with Gasteiger partial charge in [0.2, 0.25) is 5.95 Å². The van der Waals surface area contributed by atoms with E-state index in [1.54, 1.807) is 52.9 Å². The third-order valence-electron chi connectivity index (χ3n) is 6.76. The lowest BCUT2D eigenvalue weighted by atomic mass is 9.97. The van der Waals surface area contributed by atoms with E-state index in [0.29, 0.717) is 60.6 Å². The highest BCUT2D eigenvalue weighted by atomic mass is 35.5. The molecule has 0 bridgehead atoms. The topological polar surface area (TPSA) is 62.2 Å². The number of halogens is 6. The molecule has 1 saturated heterocycles. The highest BCUT2D eigenvalue weighted by molar-refractivity contribution is 7.18. The van der Waals surface area contributed by atoms with E-state index in [0.717, 1.165) is 5.52 Å². The van der Waals surface area contributed by atoms with Crippen LogP contribution in [0.1, 0.15) is 28.1 Å². The number of aromatic nitrogens is 2. The first-order valence-corrected chi connectivity index (χ1v) is 14.0. The third-order valence-corrected chi connectivity index (χ3v) is 8.73. The Kier molecular flexibility index (Phi) is 7.92. The van der Waals surface area contributed by atoms with E-state index in [2.05, 4.69) is 15.6 Å². The van der Waals surface area contributed by atoms with E-state index in [4.69, 9.17) is 34.8 Å². The lowest BCUT2D eigenvalue weighted by Crippen LogP contribution is -2.41. The Morgan fingerprint density at radius 2 is 1.95 bits per heavy atom. The quantitative estimate of drug-likeness (QED) is 0.230. The van der Waals surface area contributed by atoms with Crippen molar-refractivity contribution in [1.82, 2.24) is 14.9 Å². The van der Waals surface area contributed by atoms with Gasteiger partial charge in [0.25, 0.3) is 5.91 Å². The van der Waals surface area contributed by atoms with E-state index >= 15 is 0 Å². The van der Waals surface area contributed by atoms with Gasteiger partial charge in [-0.05, 0) is 54.8 Å². The van der Waals surface area contributed by atoms with Crippen LogP contribution in [0.4, 0.5) is 30.5 Å². The highest BCUT2D eigenvalue weighted by Gasteiger charge is 2.41. The number of benzene rings is 2. The second-order valence-electron chi connectivity index (χ2n) is 9.30. The van der Waals surface area contributed by atoms with Crippen LogP contribution in [0.5, 0.6) is 0 Å². The van der Waals surface area contributed by atoms with Crippen LogP contribution < -0.4 is 15.5 Å². The molecule has 1 aliphatic rings. The fraction of sp³-hybridized carbons (Fsp3) is 0.308. The van der Waals surface area contributed by atoms with Gasteiger partial charge in [-0.25, -0.2) is 4.98 Å². The first-order chi connectivity index (χ1) is 18.5. The molecule has 0 radical (unpaired) electrons. The summed E-state index contributed by atoms with van der Waals surface area (Å²) in [5.41, 5.74) is 3.19. The maximum atomic E-state index is 13.3. The number of nitrogens with one attached hydrogen (secondary N) is 2. The highest BCUT2D eigenvalue weighted by Crippen LogP contribution is 2.38. The molecule has 2 aromatic carbocycles. The van der Waals surface area contributed by atoms with Crippen molar-refractivity contribution in [2.75, 3.05) is 23.3 Å². The van der Waals surface area contributed by atoms with Crippen LogP contribution >= 0.6 is 46.1 Å². The number of carbonyl (C=O) groups is 1. The first-order valence-electron chi connectivity index (χ1n) is 12.1. The molecular weight excluding hydrogens is 594 g/mol. The largest absolute Gasteiger partial charge is 0.393 e. The molecule has 13 heteroatoms. The average Bonchev–Trinajstić information content (AvgIpc) is 3.48. The molecule has 0 saturated carbocycles. The fourth-order valence-electron chi connectivity index (χ4n) is 4.62.